The maximum Gasteiger partial charge on any atom is 0.0844 e. The van der Waals surface area contributed by atoms with Gasteiger partial charge in [-0.05, 0) is 33.1 Å². The summed E-state index contributed by atoms with van der Waals surface area (Å²) in [6.07, 6.45) is -1.15. The van der Waals surface area contributed by atoms with E-state index >= 15 is 0 Å². The maximum atomic E-state index is 10.8. The monoisotopic (exact) mass is 326 g/mol. The Labute approximate surface area is 146 Å². The Morgan fingerprint density at radius 2 is 0.875 bits per heavy atom. The van der Waals surface area contributed by atoms with Crippen molar-refractivity contribution < 1.29 is 10.2 Å². The first kappa shape index (κ1) is 18.7. The van der Waals surface area contributed by atoms with E-state index in [4.69, 9.17) is 0 Å². The standard InChI is InChI=1S/C22H30O2/c1-21(2,3)19(23)17-13-9-7-11-15(17)16-12-8-10-14-18(16)20(24)22(4,5)6/h7-14,19-20,23-24H,1-6H3. The van der Waals surface area contributed by atoms with E-state index in [1.165, 1.54) is 0 Å². The number of hydrogen-bond acceptors (Lipinski definition) is 2. The zero-order valence-electron chi connectivity index (χ0n) is 15.7. The lowest BCUT2D eigenvalue weighted by molar-refractivity contribution is 0.0616. The third kappa shape index (κ3) is 3.88. The normalized spacial score (nSPS) is 15.2. The minimum atomic E-state index is -0.575. The Kier molecular flexibility index (Phi) is 5.22. The van der Waals surface area contributed by atoms with Crippen LogP contribution in [-0.2, 0) is 0 Å². The molecule has 2 nitrogen and oxygen atoms in total. The lowest BCUT2D eigenvalue weighted by atomic mass is 9.78. The van der Waals surface area contributed by atoms with Crippen molar-refractivity contribution in [1.82, 2.24) is 0 Å². The Balaban J connectivity index is 2.63. The molecular formula is C22H30O2. The first-order chi connectivity index (χ1) is 11.0. The van der Waals surface area contributed by atoms with Crippen LogP contribution >= 0.6 is 0 Å². The molecule has 2 aromatic rings. The summed E-state index contributed by atoms with van der Waals surface area (Å²) in [5, 5.41) is 21.7. The van der Waals surface area contributed by atoms with E-state index < -0.39 is 12.2 Å². The Bertz CT molecular complexity index is 628. The zero-order chi connectivity index (χ0) is 18.1. The van der Waals surface area contributed by atoms with Crippen LogP contribution in [0.1, 0.15) is 64.9 Å². The molecule has 0 aliphatic carbocycles. The van der Waals surface area contributed by atoms with Gasteiger partial charge in [-0.1, -0.05) is 90.1 Å². The highest BCUT2D eigenvalue weighted by Crippen LogP contribution is 2.42. The molecule has 0 amide bonds. The van der Waals surface area contributed by atoms with Gasteiger partial charge in [-0.2, -0.15) is 0 Å². The number of aliphatic hydroxyl groups is 2. The summed E-state index contributed by atoms with van der Waals surface area (Å²) < 4.78 is 0. The fraction of sp³-hybridized carbons (Fsp3) is 0.455. The second-order valence-electron chi connectivity index (χ2n) is 8.71. The van der Waals surface area contributed by atoms with Gasteiger partial charge in [0.2, 0.25) is 0 Å². The molecule has 24 heavy (non-hydrogen) atoms. The molecule has 0 aliphatic rings. The smallest absolute Gasteiger partial charge is 0.0844 e. The molecule has 2 rings (SSSR count). The average Bonchev–Trinajstić information content (AvgIpc) is 2.51. The molecule has 2 N–H and O–H groups in total. The molecule has 2 unspecified atom stereocenters. The van der Waals surface area contributed by atoms with Crippen molar-refractivity contribution in [2.75, 3.05) is 0 Å². The SMILES string of the molecule is CC(C)(C)C(O)c1ccccc1-c1ccccc1C(O)C(C)(C)C. The van der Waals surface area contributed by atoms with Gasteiger partial charge in [0.25, 0.3) is 0 Å². The highest BCUT2D eigenvalue weighted by Gasteiger charge is 2.29. The Morgan fingerprint density at radius 1 is 0.583 bits per heavy atom. The van der Waals surface area contributed by atoms with E-state index in [-0.39, 0.29) is 10.8 Å². The van der Waals surface area contributed by atoms with Gasteiger partial charge in [-0.3, -0.25) is 0 Å². The van der Waals surface area contributed by atoms with Crippen LogP contribution in [0.5, 0.6) is 0 Å². The van der Waals surface area contributed by atoms with Crippen LogP contribution in [0.2, 0.25) is 0 Å². The molecule has 0 saturated heterocycles. The number of benzene rings is 2. The van der Waals surface area contributed by atoms with E-state index in [0.29, 0.717) is 0 Å². The molecule has 2 atom stereocenters. The van der Waals surface area contributed by atoms with Crippen molar-refractivity contribution in [3.05, 3.63) is 59.7 Å². The molecule has 0 radical (unpaired) electrons. The Hall–Kier alpha value is -1.64. The molecule has 2 aromatic carbocycles. The number of aliphatic hydroxyl groups excluding tert-OH is 2. The van der Waals surface area contributed by atoms with Crippen molar-refractivity contribution in [2.45, 2.75) is 53.8 Å². The average molecular weight is 326 g/mol. The Morgan fingerprint density at radius 3 is 1.17 bits per heavy atom. The maximum absolute atomic E-state index is 10.8. The second-order valence-corrected chi connectivity index (χ2v) is 8.71. The molecule has 0 saturated carbocycles. The van der Waals surface area contributed by atoms with E-state index in [9.17, 15) is 10.2 Å². The van der Waals surface area contributed by atoms with Crippen molar-refractivity contribution in [3.63, 3.8) is 0 Å². The van der Waals surface area contributed by atoms with Crippen molar-refractivity contribution in [3.8, 4) is 11.1 Å². The van der Waals surface area contributed by atoms with Crippen LogP contribution < -0.4 is 0 Å². The third-order valence-electron chi connectivity index (χ3n) is 4.44. The van der Waals surface area contributed by atoms with Crippen LogP contribution in [0, 0.1) is 10.8 Å². The minimum Gasteiger partial charge on any atom is -0.388 e. The van der Waals surface area contributed by atoms with Gasteiger partial charge in [0.15, 0.2) is 0 Å². The summed E-state index contributed by atoms with van der Waals surface area (Å²) >= 11 is 0. The molecular weight excluding hydrogens is 296 g/mol. The fourth-order valence-corrected chi connectivity index (χ4v) is 2.89. The van der Waals surface area contributed by atoms with Gasteiger partial charge in [-0.15, -0.1) is 0 Å². The lowest BCUT2D eigenvalue weighted by Gasteiger charge is -2.31. The van der Waals surface area contributed by atoms with Crippen LogP contribution in [0.25, 0.3) is 11.1 Å². The van der Waals surface area contributed by atoms with Crippen molar-refractivity contribution in [2.24, 2.45) is 10.8 Å². The topological polar surface area (TPSA) is 40.5 Å². The van der Waals surface area contributed by atoms with E-state index in [0.717, 1.165) is 22.3 Å². The predicted octanol–water partition coefficient (Wildman–Crippen LogP) is 5.51. The summed E-state index contributed by atoms with van der Waals surface area (Å²) in [5.74, 6) is 0. The van der Waals surface area contributed by atoms with Gasteiger partial charge in [0.05, 0.1) is 12.2 Å². The molecule has 0 heterocycles. The number of hydrogen-bond donors (Lipinski definition) is 2. The van der Waals surface area contributed by atoms with Crippen LogP contribution in [0.3, 0.4) is 0 Å². The zero-order valence-corrected chi connectivity index (χ0v) is 15.7. The first-order valence-corrected chi connectivity index (χ1v) is 8.58. The van der Waals surface area contributed by atoms with Crippen molar-refractivity contribution in [1.29, 1.82) is 0 Å². The van der Waals surface area contributed by atoms with Crippen LogP contribution in [-0.4, -0.2) is 10.2 Å². The van der Waals surface area contributed by atoms with Crippen LogP contribution in [0.4, 0.5) is 0 Å². The summed E-state index contributed by atoms with van der Waals surface area (Å²) in [6, 6.07) is 15.9. The van der Waals surface area contributed by atoms with E-state index in [1.54, 1.807) is 0 Å². The van der Waals surface area contributed by atoms with Crippen LogP contribution in [0.15, 0.2) is 48.5 Å². The first-order valence-electron chi connectivity index (χ1n) is 8.58. The van der Waals surface area contributed by atoms with Gasteiger partial charge < -0.3 is 10.2 Å². The van der Waals surface area contributed by atoms with E-state index in [1.807, 2.05) is 90.1 Å². The minimum absolute atomic E-state index is 0.256. The van der Waals surface area contributed by atoms with Crippen molar-refractivity contribution >= 4 is 0 Å². The van der Waals surface area contributed by atoms with Gasteiger partial charge in [-0.25, -0.2) is 0 Å². The van der Waals surface area contributed by atoms with Gasteiger partial charge in [0.1, 0.15) is 0 Å². The van der Waals surface area contributed by atoms with Gasteiger partial charge in [0, 0.05) is 0 Å². The summed E-state index contributed by atoms with van der Waals surface area (Å²) in [4.78, 5) is 0. The highest BCUT2D eigenvalue weighted by molar-refractivity contribution is 5.71. The quantitative estimate of drug-likeness (QED) is 0.780. The molecule has 130 valence electrons. The summed E-state index contributed by atoms with van der Waals surface area (Å²) in [6.45, 7) is 12.2. The van der Waals surface area contributed by atoms with Gasteiger partial charge >= 0.3 is 0 Å². The summed E-state index contributed by atoms with van der Waals surface area (Å²) in [5.41, 5.74) is 3.26. The highest BCUT2D eigenvalue weighted by atomic mass is 16.3. The van der Waals surface area contributed by atoms with E-state index in [2.05, 4.69) is 0 Å². The second kappa shape index (κ2) is 6.70. The molecule has 0 fully saturated rings. The molecule has 0 aliphatic heterocycles. The summed E-state index contributed by atoms with van der Waals surface area (Å²) in [7, 11) is 0. The predicted molar refractivity (Wildman–Crippen MR) is 101 cm³/mol. The fourth-order valence-electron chi connectivity index (χ4n) is 2.89. The number of rotatable bonds is 3. The molecule has 2 heteroatoms. The largest absolute Gasteiger partial charge is 0.388 e. The molecule has 0 bridgehead atoms. The molecule has 0 aromatic heterocycles. The lowest BCUT2D eigenvalue weighted by Crippen LogP contribution is -2.20. The molecule has 0 spiro atoms. The third-order valence-corrected chi connectivity index (χ3v) is 4.44.